The van der Waals surface area contributed by atoms with Crippen LogP contribution in [0.15, 0.2) is 12.3 Å². The van der Waals surface area contributed by atoms with Gasteiger partial charge in [-0.2, -0.15) is 0 Å². The number of nitrogens with zero attached hydrogens (tertiary/aromatic N) is 1. The lowest BCUT2D eigenvalue weighted by atomic mass is 9.92. The zero-order chi connectivity index (χ0) is 14.0. The standard InChI is InChI=1S/C12H12ClF2NO3/c1-2-19-11(17)8-4-16-10(13)3-7(8)9-5-18-6-12(9,14)15/h3-4,9H,2,5-6H2,1H3. The first-order valence-electron chi connectivity index (χ1n) is 5.74. The zero-order valence-corrected chi connectivity index (χ0v) is 10.9. The van der Waals surface area contributed by atoms with Crippen LogP contribution in [-0.2, 0) is 9.47 Å². The summed E-state index contributed by atoms with van der Waals surface area (Å²) in [6.45, 7) is 0.951. The molecule has 4 nitrogen and oxygen atoms in total. The number of halogens is 3. The number of ether oxygens (including phenoxy) is 2. The fourth-order valence-electron chi connectivity index (χ4n) is 1.96. The number of hydrogen-bond acceptors (Lipinski definition) is 4. The summed E-state index contributed by atoms with van der Waals surface area (Å²) in [5.41, 5.74) is 0.113. The number of aromatic nitrogens is 1. The summed E-state index contributed by atoms with van der Waals surface area (Å²) >= 11 is 5.72. The van der Waals surface area contributed by atoms with Gasteiger partial charge in [0, 0.05) is 6.20 Å². The Kier molecular flexibility index (Phi) is 4.01. The van der Waals surface area contributed by atoms with Crippen molar-refractivity contribution in [2.75, 3.05) is 19.8 Å². The van der Waals surface area contributed by atoms with E-state index in [0.29, 0.717) is 0 Å². The van der Waals surface area contributed by atoms with E-state index in [9.17, 15) is 13.6 Å². The first-order valence-corrected chi connectivity index (χ1v) is 6.11. The van der Waals surface area contributed by atoms with E-state index in [4.69, 9.17) is 21.1 Å². The minimum atomic E-state index is -3.04. The van der Waals surface area contributed by atoms with Gasteiger partial charge in [-0.25, -0.2) is 18.6 Å². The maximum atomic E-state index is 13.7. The fourth-order valence-corrected chi connectivity index (χ4v) is 2.13. The number of rotatable bonds is 3. The summed E-state index contributed by atoms with van der Waals surface area (Å²) in [6.07, 6.45) is 1.16. The third kappa shape index (κ3) is 2.84. The number of carbonyl (C=O) groups excluding carboxylic acids is 1. The van der Waals surface area contributed by atoms with E-state index in [1.165, 1.54) is 6.07 Å². The van der Waals surface area contributed by atoms with E-state index >= 15 is 0 Å². The second-order valence-electron chi connectivity index (χ2n) is 4.14. The topological polar surface area (TPSA) is 48.4 Å². The lowest BCUT2D eigenvalue weighted by molar-refractivity contribution is -0.0184. The highest BCUT2D eigenvalue weighted by Gasteiger charge is 2.47. The lowest BCUT2D eigenvalue weighted by Crippen LogP contribution is -2.26. The van der Waals surface area contributed by atoms with Crippen LogP contribution in [-0.4, -0.2) is 36.7 Å². The molecule has 1 atom stereocenters. The van der Waals surface area contributed by atoms with Gasteiger partial charge in [-0.1, -0.05) is 11.6 Å². The Morgan fingerprint density at radius 3 is 3.00 bits per heavy atom. The number of pyridine rings is 1. The van der Waals surface area contributed by atoms with Crippen LogP contribution in [0.1, 0.15) is 28.8 Å². The van der Waals surface area contributed by atoms with Crippen molar-refractivity contribution in [1.29, 1.82) is 0 Å². The first kappa shape index (κ1) is 14.1. The highest BCUT2D eigenvalue weighted by Crippen LogP contribution is 2.40. The molecule has 0 amide bonds. The molecule has 1 unspecified atom stereocenters. The summed E-state index contributed by atoms with van der Waals surface area (Å²) in [4.78, 5) is 15.5. The minimum Gasteiger partial charge on any atom is -0.462 e. The van der Waals surface area contributed by atoms with Gasteiger partial charge in [-0.3, -0.25) is 0 Å². The summed E-state index contributed by atoms with van der Waals surface area (Å²) in [5, 5.41) is 0.0470. The van der Waals surface area contributed by atoms with Gasteiger partial charge in [0.25, 0.3) is 5.92 Å². The Hall–Kier alpha value is -1.27. The molecule has 1 saturated heterocycles. The van der Waals surface area contributed by atoms with Crippen LogP contribution in [0.5, 0.6) is 0 Å². The smallest absolute Gasteiger partial charge is 0.339 e. The van der Waals surface area contributed by atoms with Crippen LogP contribution < -0.4 is 0 Å². The maximum Gasteiger partial charge on any atom is 0.339 e. The van der Waals surface area contributed by atoms with Crippen molar-refractivity contribution in [1.82, 2.24) is 4.98 Å². The number of hydrogen-bond donors (Lipinski definition) is 0. The van der Waals surface area contributed by atoms with E-state index in [1.807, 2.05) is 0 Å². The third-order valence-electron chi connectivity index (χ3n) is 2.86. The number of esters is 1. The molecule has 0 radical (unpaired) electrons. The molecule has 2 heterocycles. The molecular weight excluding hydrogens is 280 g/mol. The summed E-state index contributed by atoms with van der Waals surface area (Å²) in [6, 6.07) is 1.26. The molecule has 0 aromatic carbocycles. The summed E-state index contributed by atoms with van der Waals surface area (Å²) in [7, 11) is 0. The molecule has 1 aliphatic heterocycles. The highest BCUT2D eigenvalue weighted by molar-refractivity contribution is 6.29. The van der Waals surface area contributed by atoms with Gasteiger partial charge in [0.15, 0.2) is 0 Å². The second-order valence-corrected chi connectivity index (χ2v) is 4.53. The molecule has 1 aromatic heterocycles. The van der Waals surface area contributed by atoms with E-state index in [1.54, 1.807) is 6.92 Å². The van der Waals surface area contributed by atoms with E-state index in [2.05, 4.69) is 4.98 Å². The third-order valence-corrected chi connectivity index (χ3v) is 3.07. The summed E-state index contributed by atoms with van der Waals surface area (Å²) < 4.78 is 37.1. The van der Waals surface area contributed by atoms with E-state index < -0.39 is 24.4 Å². The largest absolute Gasteiger partial charge is 0.462 e. The van der Waals surface area contributed by atoms with Gasteiger partial charge in [-0.05, 0) is 18.6 Å². The van der Waals surface area contributed by atoms with Gasteiger partial charge in [0.2, 0.25) is 0 Å². The molecule has 2 rings (SSSR count). The minimum absolute atomic E-state index is 0.00132. The van der Waals surface area contributed by atoms with Crippen molar-refractivity contribution in [3.8, 4) is 0 Å². The quantitative estimate of drug-likeness (QED) is 0.634. The monoisotopic (exact) mass is 291 g/mol. The Bertz CT molecular complexity index is 496. The number of carbonyl (C=O) groups is 1. The van der Waals surface area contributed by atoms with Crippen LogP contribution in [0, 0.1) is 0 Å². The fraction of sp³-hybridized carbons (Fsp3) is 0.500. The van der Waals surface area contributed by atoms with Crippen molar-refractivity contribution in [2.45, 2.75) is 18.8 Å². The van der Waals surface area contributed by atoms with E-state index in [-0.39, 0.29) is 29.5 Å². The molecule has 1 aromatic rings. The van der Waals surface area contributed by atoms with Crippen molar-refractivity contribution >= 4 is 17.6 Å². The molecule has 104 valence electrons. The summed E-state index contributed by atoms with van der Waals surface area (Å²) in [5.74, 6) is -4.94. The van der Waals surface area contributed by atoms with Crippen LogP contribution in [0.4, 0.5) is 8.78 Å². The molecule has 0 N–H and O–H groups in total. The maximum absolute atomic E-state index is 13.7. The SMILES string of the molecule is CCOC(=O)c1cnc(Cl)cc1C1COCC1(F)F. The van der Waals surface area contributed by atoms with Crippen LogP contribution >= 0.6 is 11.6 Å². The molecular formula is C12H12ClF2NO3. The predicted molar refractivity (Wildman–Crippen MR) is 63.7 cm³/mol. The van der Waals surface area contributed by atoms with Crippen molar-refractivity contribution in [2.24, 2.45) is 0 Å². The highest BCUT2D eigenvalue weighted by atomic mass is 35.5. The van der Waals surface area contributed by atoms with Crippen LogP contribution in [0.2, 0.25) is 5.15 Å². The van der Waals surface area contributed by atoms with Gasteiger partial charge in [0.1, 0.15) is 11.8 Å². The van der Waals surface area contributed by atoms with Crippen molar-refractivity contribution < 1.29 is 23.0 Å². The molecule has 0 bridgehead atoms. The van der Waals surface area contributed by atoms with Gasteiger partial charge in [-0.15, -0.1) is 0 Å². The van der Waals surface area contributed by atoms with Crippen molar-refractivity contribution in [3.63, 3.8) is 0 Å². The molecule has 1 fully saturated rings. The average Bonchev–Trinajstić information content (AvgIpc) is 2.69. The molecule has 0 spiro atoms. The predicted octanol–water partition coefficient (Wildman–Crippen LogP) is 2.66. The molecule has 19 heavy (non-hydrogen) atoms. The second kappa shape index (κ2) is 5.38. The van der Waals surface area contributed by atoms with Crippen LogP contribution in [0.3, 0.4) is 0 Å². The Morgan fingerprint density at radius 2 is 2.42 bits per heavy atom. The normalized spacial score (nSPS) is 21.4. The van der Waals surface area contributed by atoms with Gasteiger partial charge >= 0.3 is 5.97 Å². The lowest BCUT2D eigenvalue weighted by Gasteiger charge is -2.19. The molecule has 7 heteroatoms. The van der Waals surface area contributed by atoms with Gasteiger partial charge in [0.05, 0.1) is 24.7 Å². The molecule has 1 aliphatic rings. The Morgan fingerprint density at radius 1 is 1.68 bits per heavy atom. The van der Waals surface area contributed by atoms with E-state index in [0.717, 1.165) is 6.20 Å². The Labute approximate surface area is 113 Å². The zero-order valence-electron chi connectivity index (χ0n) is 10.2. The van der Waals surface area contributed by atoms with Gasteiger partial charge < -0.3 is 9.47 Å². The molecule has 0 saturated carbocycles. The van der Waals surface area contributed by atoms with Crippen molar-refractivity contribution in [3.05, 3.63) is 28.5 Å². The average molecular weight is 292 g/mol. The number of alkyl halides is 2. The Balaban J connectivity index is 2.43. The molecule has 0 aliphatic carbocycles. The van der Waals surface area contributed by atoms with Crippen LogP contribution in [0.25, 0.3) is 0 Å². The first-order chi connectivity index (χ1) is 8.95.